The number of hydrogen-bond donors (Lipinski definition) is 0. The van der Waals surface area contributed by atoms with E-state index in [1.807, 2.05) is 26.2 Å². The molecule has 0 saturated heterocycles. The molecule has 15 rings (SSSR count). The van der Waals surface area contributed by atoms with E-state index < -0.39 is 5.41 Å². The highest BCUT2D eigenvalue weighted by atomic mass is 16.3. The van der Waals surface area contributed by atoms with Crippen LogP contribution in [-0.4, -0.2) is 9.97 Å². The van der Waals surface area contributed by atoms with Crippen LogP contribution in [0.1, 0.15) is 86.3 Å². The average molecular weight is 1130 g/mol. The van der Waals surface area contributed by atoms with Gasteiger partial charge >= 0.3 is 0 Å². The van der Waals surface area contributed by atoms with Gasteiger partial charge in [0.25, 0.3) is 0 Å². The first-order valence-corrected chi connectivity index (χ1v) is 30.2. The number of anilines is 6. The second-order valence-corrected chi connectivity index (χ2v) is 25.5. The molecule has 0 saturated carbocycles. The zero-order valence-electron chi connectivity index (χ0n) is 50.4. The summed E-state index contributed by atoms with van der Waals surface area (Å²) in [7, 11) is 0. The number of pyridine rings is 2. The SMILES string of the molecule is Cc1ccc(N(c2ccc(C(C)(C)C)cc2)c2cc3c(c4c2oc2cc(-c5ccccc5)ccc24)-c2c(cc(N(c4ccc(C(C)(C)C)cc4)c4ccc(C)nc4)c4oc5cc(-c6ccccc6)ccc5c24)C3(c2ccccc2)c2ccccc2)cn1. The highest BCUT2D eigenvalue weighted by Gasteiger charge is 2.50. The Bertz CT molecular complexity index is 4590. The summed E-state index contributed by atoms with van der Waals surface area (Å²) in [4.78, 5) is 14.7. The van der Waals surface area contributed by atoms with Crippen LogP contribution in [0.3, 0.4) is 0 Å². The predicted octanol–water partition coefficient (Wildman–Crippen LogP) is 22.1. The number of fused-ring (bicyclic) bond motifs is 11. The summed E-state index contributed by atoms with van der Waals surface area (Å²) < 4.78 is 15.3. The Morgan fingerprint density at radius 1 is 0.356 bits per heavy atom. The molecule has 1 aliphatic carbocycles. The Labute approximate surface area is 508 Å². The molecule has 0 bridgehead atoms. The minimum absolute atomic E-state index is 0.0620. The van der Waals surface area contributed by atoms with Crippen molar-refractivity contribution >= 4 is 78.0 Å². The first-order valence-electron chi connectivity index (χ1n) is 30.2. The van der Waals surface area contributed by atoms with Crippen molar-refractivity contribution in [2.24, 2.45) is 0 Å². The molecule has 14 aromatic rings. The van der Waals surface area contributed by atoms with Crippen LogP contribution in [0.25, 0.3) is 77.3 Å². The molecule has 0 spiro atoms. The van der Waals surface area contributed by atoms with Gasteiger partial charge in [0.1, 0.15) is 11.2 Å². The summed E-state index contributed by atoms with van der Waals surface area (Å²) in [5, 5.41) is 4.06. The van der Waals surface area contributed by atoms with E-state index in [1.165, 1.54) is 11.1 Å². The molecule has 6 heteroatoms. The predicted molar refractivity (Wildman–Crippen MR) is 361 cm³/mol. The Balaban J connectivity index is 1.16. The van der Waals surface area contributed by atoms with Gasteiger partial charge in [-0.2, -0.15) is 0 Å². The molecule has 0 radical (unpaired) electrons. The zero-order valence-corrected chi connectivity index (χ0v) is 50.4. The van der Waals surface area contributed by atoms with Crippen molar-refractivity contribution in [1.82, 2.24) is 9.97 Å². The second kappa shape index (κ2) is 20.5. The Morgan fingerprint density at radius 2 is 0.713 bits per heavy atom. The molecule has 10 aromatic carbocycles. The number of aryl methyl sites for hydroxylation is 2. The van der Waals surface area contributed by atoms with Crippen molar-refractivity contribution in [1.29, 1.82) is 0 Å². The summed E-state index contributed by atoms with van der Waals surface area (Å²) >= 11 is 0. The van der Waals surface area contributed by atoms with E-state index in [0.29, 0.717) is 0 Å². The fourth-order valence-electron chi connectivity index (χ4n) is 13.5. The Hall–Kier alpha value is -10.3. The topological polar surface area (TPSA) is 58.5 Å². The van der Waals surface area contributed by atoms with Crippen molar-refractivity contribution in [3.8, 4) is 33.4 Å². The lowest BCUT2D eigenvalue weighted by Crippen LogP contribution is -2.29. The van der Waals surface area contributed by atoms with E-state index >= 15 is 0 Å². The molecule has 4 heterocycles. The van der Waals surface area contributed by atoms with Gasteiger partial charge in [0, 0.05) is 44.3 Å². The van der Waals surface area contributed by atoms with Crippen LogP contribution in [0.5, 0.6) is 0 Å². The largest absolute Gasteiger partial charge is 0.454 e. The lowest BCUT2D eigenvalue weighted by atomic mass is 9.67. The number of benzene rings is 10. The fraction of sp³-hybridized carbons (Fsp3) is 0.136. The van der Waals surface area contributed by atoms with E-state index in [-0.39, 0.29) is 10.8 Å². The van der Waals surface area contributed by atoms with E-state index in [0.717, 1.165) is 145 Å². The minimum atomic E-state index is -0.944. The third kappa shape index (κ3) is 8.84. The van der Waals surface area contributed by atoms with Gasteiger partial charge in [0.05, 0.1) is 40.6 Å². The number of rotatable bonds is 10. The van der Waals surface area contributed by atoms with E-state index in [1.54, 1.807) is 0 Å². The molecule has 87 heavy (non-hydrogen) atoms. The molecule has 0 atom stereocenters. The van der Waals surface area contributed by atoms with Gasteiger partial charge in [-0.15, -0.1) is 0 Å². The van der Waals surface area contributed by atoms with Gasteiger partial charge in [-0.25, -0.2) is 0 Å². The van der Waals surface area contributed by atoms with Crippen LogP contribution in [0, 0.1) is 13.8 Å². The number of furan rings is 2. The quantitative estimate of drug-likeness (QED) is 0.136. The fourth-order valence-corrected chi connectivity index (χ4v) is 13.5. The number of hydrogen-bond acceptors (Lipinski definition) is 6. The lowest BCUT2D eigenvalue weighted by molar-refractivity contribution is 0.590. The number of nitrogens with zero attached hydrogens (tertiary/aromatic N) is 4. The van der Waals surface area contributed by atoms with Crippen LogP contribution >= 0.6 is 0 Å². The van der Waals surface area contributed by atoms with E-state index in [2.05, 4.69) is 294 Å². The van der Waals surface area contributed by atoms with Gasteiger partial charge in [-0.3, -0.25) is 9.97 Å². The second-order valence-electron chi connectivity index (χ2n) is 25.5. The first-order chi connectivity index (χ1) is 42.2. The standard InChI is InChI=1S/C81H66N4O2/c1-51-29-37-63(49-82-51)84(61-39-33-57(34-40-61)79(3,4)5)69-47-67-75(73-65-43-31-55(45-71(65)86-77(69)73)53-21-13-9-14-22-53)76-68(81(67,59-25-17-11-18-26-59)60-27-19-12-20-28-60)48-70(78-74(76)66-44-32-56(46-72(66)87-78)54-23-15-10-16-24-54)85(64-38-30-52(2)83-50-64)62-41-35-58(36-42-62)80(6,7)8/h9-50H,1-8H3. The molecule has 0 N–H and O–H groups in total. The van der Waals surface area contributed by atoms with Crippen molar-refractivity contribution < 1.29 is 8.83 Å². The normalized spacial score (nSPS) is 12.9. The van der Waals surface area contributed by atoms with Crippen LogP contribution in [0.4, 0.5) is 34.1 Å². The summed E-state index contributed by atoms with van der Waals surface area (Å²) in [5.41, 5.74) is 23.1. The van der Waals surface area contributed by atoms with Gasteiger partial charge in [-0.05, 0) is 176 Å². The highest BCUT2D eigenvalue weighted by molar-refractivity contribution is 6.27. The van der Waals surface area contributed by atoms with Crippen molar-refractivity contribution in [3.05, 3.63) is 300 Å². The molecule has 0 amide bonds. The molecule has 6 nitrogen and oxygen atoms in total. The smallest absolute Gasteiger partial charge is 0.160 e. The van der Waals surface area contributed by atoms with Gasteiger partial charge in [0.2, 0.25) is 0 Å². The van der Waals surface area contributed by atoms with Gasteiger partial charge < -0.3 is 18.6 Å². The molecular formula is C81H66N4O2. The summed E-state index contributed by atoms with van der Waals surface area (Å²) in [5.74, 6) is 0. The molecule has 422 valence electrons. The van der Waals surface area contributed by atoms with Crippen LogP contribution in [0.15, 0.2) is 264 Å². The maximum Gasteiger partial charge on any atom is 0.160 e. The monoisotopic (exact) mass is 1130 g/mol. The third-order valence-corrected chi connectivity index (χ3v) is 17.9. The van der Waals surface area contributed by atoms with Crippen LogP contribution in [-0.2, 0) is 16.2 Å². The average Bonchev–Trinajstić information content (AvgIpc) is 1.30. The lowest BCUT2D eigenvalue weighted by Gasteiger charge is -2.36. The molecule has 4 aromatic heterocycles. The van der Waals surface area contributed by atoms with E-state index in [9.17, 15) is 0 Å². The summed E-state index contributed by atoms with van der Waals surface area (Å²) in [6, 6.07) is 88.6. The highest BCUT2D eigenvalue weighted by Crippen LogP contribution is 2.65. The molecular weight excluding hydrogens is 1060 g/mol. The van der Waals surface area contributed by atoms with Crippen molar-refractivity contribution in [2.75, 3.05) is 9.80 Å². The molecule has 1 aliphatic rings. The van der Waals surface area contributed by atoms with E-state index in [4.69, 9.17) is 18.8 Å². The molecule has 0 unspecified atom stereocenters. The molecule has 0 fully saturated rings. The van der Waals surface area contributed by atoms with Crippen LogP contribution < -0.4 is 9.80 Å². The van der Waals surface area contributed by atoms with Crippen LogP contribution in [0.2, 0.25) is 0 Å². The Morgan fingerprint density at radius 3 is 1.06 bits per heavy atom. The number of aromatic nitrogens is 2. The zero-order chi connectivity index (χ0) is 59.3. The summed E-state index contributed by atoms with van der Waals surface area (Å²) in [6.07, 6.45) is 4.00. The van der Waals surface area contributed by atoms with Gasteiger partial charge in [-0.1, -0.05) is 199 Å². The Kier molecular flexibility index (Phi) is 12.6. The van der Waals surface area contributed by atoms with Crippen molar-refractivity contribution in [2.45, 2.75) is 71.6 Å². The maximum atomic E-state index is 7.66. The first kappa shape index (κ1) is 53.4. The molecule has 0 aliphatic heterocycles. The maximum absolute atomic E-state index is 7.66. The minimum Gasteiger partial charge on any atom is -0.454 e. The summed E-state index contributed by atoms with van der Waals surface area (Å²) in [6.45, 7) is 17.7. The van der Waals surface area contributed by atoms with Crippen molar-refractivity contribution in [3.63, 3.8) is 0 Å². The van der Waals surface area contributed by atoms with Gasteiger partial charge in [0.15, 0.2) is 11.2 Å². The third-order valence-electron chi connectivity index (χ3n) is 17.9.